The molecule has 0 spiro atoms. The van der Waals surface area contributed by atoms with E-state index < -0.39 is 18.0 Å². The lowest BCUT2D eigenvalue weighted by atomic mass is 9.97. The fraction of sp³-hybridized carbons (Fsp3) is 0.355. The van der Waals surface area contributed by atoms with Crippen LogP contribution in [0.3, 0.4) is 0 Å². The minimum Gasteiger partial charge on any atom is -0.370 e. The molecule has 40 heavy (non-hydrogen) atoms. The number of amides is 4. The number of benzene rings is 3. The number of piperazine rings is 1. The first-order valence-electron chi connectivity index (χ1n) is 13.6. The lowest BCUT2D eigenvalue weighted by Gasteiger charge is -2.43. The van der Waals surface area contributed by atoms with Crippen LogP contribution in [0.4, 0.5) is 4.39 Å². The normalized spacial score (nSPS) is 16.1. The molecule has 0 bridgehead atoms. The van der Waals surface area contributed by atoms with Crippen molar-refractivity contribution in [1.29, 1.82) is 0 Å². The van der Waals surface area contributed by atoms with Crippen LogP contribution in [0.5, 0.6) is 0 Å². The zero-order valence-corrected chi connectivity index (χ0v) is 22.6. The summed E-state index contributed by atoms with van der Waals surface area (Å²) in [5.41, 5.74) is 7.11. The summed E-state index contributed by atoms with van der Waals surface area (Å²) in [5, 5.41) is 4.97. The highest BCUT2D eigenvalue weighted by molar-refractivity contribution is 5.94. The van der Waals surface area contributed by atoms with Gasteiger partial charge in [-0.1, -0.05) is 54.6 Å². The molecule has 3 N–H and O–H groups in total. The Hall–Kier alpha value is -4.27. The summed E-state index contributed by atoms with van der Waals surface area (Å²) < 4.78 is 13.3. The Morgan fingerprint density at radius 3 is 2.38 bits per heavy atom. The zero-order chi connectivity index (χ0) is 28.6. The topological polar surface area (TPSA) is 113 Å². The predicted octanol–water partition coefficient (Wildman–Crippen LogP) is 2.96. The third-order valence-corrected chi connectivity index (χ3v) is 7.32. The van der Waals surface area contributed by atoms with Crippen LogP contribution in [-0.2, 0) is 32.0 Å². The number of nitrogens with one attached hydrogen (secondary N) is 1. The first-order valence-corrected chi connectivity index (χ1v) is 13.6. The second kappa shape index (κ2) is 13.2. The van der Waals surface area contributed by atoms with Crippen LogP contribution >= 0.6 is 0 Å². The van der Waals surface area contributed by atoms with Crippen molar-refractivity contribution < 1.29 is 23.6 Å². The number of aryl methyl sites for hydroxylation is 1. The van der Waals surface area contributed by atoms with Gasteiger partial charge in [-0.15, -0.1) is 0 Å². The number of carbonyl (C=O) groups excluding carboxylic acids is 4. The number of nitrogens with two attached hydrogens (primary N) is 1. The molecule has 4 rings (SSSR count). The standard InChI is InChI=1S/C31H35FN4O4/c1-2-34-30(39)27(20-22-7-11-23-5-3-4-6-24(23)19-22)36-18-17-35(26(31(36)40)14-15-28(33)37)29(38)16-10-21-8-12-25(32)13-9-21/h3-9,11-13,19,26-27H,2,10,14-18,20H2,1H3,(H2,33,37)(H,34,39)/t26-,27+/m0/s1. The molecule has 0 saturated carbocycles. The fourth-order valence-corrected chi connectivity index (χ4v) is 5.24. The van der Waals surface area contributed by atoms with Crippen molar-refractivity contribution >= 4 is 34.4 Å². The third kappa shape index (κ3) is 7.02. The summed E-state index contributed by atoms with van der Waals surface area (Å²) >= 11 is 0. The minimum absolute atomic E-state index is 0.0670. The molecule has 2 atom stereocenters. The maximum absolute atomic E-state index is 13.9. The number of primary amides is 1. The van der Waals surface area contributed by atoms with Crippen LogP contribution in [0.2, 0.25) is 0 Å². The van der Waals surface area contributed by atoms with Gasteiger partial charge in [-0.25, -0.2) is 4.39 Å². The molecule has 0 radical (unpaired) electrons. The molecule has 210 valence electrons. The molecule has 0 unspecified atom stereocenters. The molecule has 1 aliphatic rings. The smallest absolute Gasteiger partial charge is 0.246 e. The van der Waals surface area contributed by atoms with Crippen molar-refractivity contribution in [2.75, 3.05) is 19.6 Å². The molecular formula is C31H35FN4O4. The highest BCUT2D eigenvalue weighted by Gasteiger charge is 2.41. The van der Waals surface area contributed by atoms with Crippen LogP contribution in [0, 0.1) is 5.82 Å². The molecule has 0 aliphatic carbocycles. The quantitative estimate of drug-likeness (QED) is 0.385. The van der Waals surface area contributed by atoms with E-state index in [4.69, 9.17) is 5.73 Å². The number of hydrogen-bond acceptors (Lipinski definition) is 4. The van der Waals surface area contributed by atoms with E-state index in [1.54, 1.807) is 12.1 Å². The van der Waals surface area contributed by atoms with Gasteiger partial charge in [0.25, 0.3) is 0 Å². The number of fused-ring (bicyclic) bond motifs is 1. The van der Waals surface area contributed by atoms with Gasteiger partial charge in [0, 0.05) is 38.9 Å². The Kier molecular flexibility index (Phi) is 9.47. The van der Waals surface area contributed by atoms with Crippen LogP contribution < -0.4 is 11.1 Å². The Morgan fingerprint density at radius 1 is 0.975 bits per heavy atom. The number of rotatable bonds is 11. The van der Waals surface area contributed by atoms with Gasteiger partial charge in [-0.05, 0) is 53.8 Å². The van der Waals surface area contributed by atoms with Gasteiger partial charge >= 0.3 is 0 Å². The second-order valence-electron chi connectivity index (χ2n) is 10.1. The summed E-state index contributed by atoms with van der Waals surface area (Å²) in [7, 11) is 0. The Labute approximate surface area is 233 Å². The second-order valence-corrected chi connectivity index (χ2v) is 10.1. The van der Waals surface area contributed by atoms with Gasteiger partial charge in [0.2, 0.25) is 23.6 Å². The van der Waals surface area contributed by atoms with Crippen molar-refractivity contribution in [3.63, 3.8) is 0 Å². The van der Waals surface area contributed by atoms with Gasteiger partial charge in [0.1, 0.15) is 17.9 Å². The van der Waals surface area contributed by atoms with E-state index in [9.17, 15) is 23.6 Å². The highest BCUT2D eigenvalue weighted by atomic mass is 19.1. The molecule has 1 aliphatic heterocycles. The molecule has 1 saturated heterocycles. The average Bonchev–Trinajstić information content (AvgIpc) is 2.94. The summed E-state index contributed by atoms with van der Waals surface area (Å²) in [6.45, 7) is 2.64. The molecule has 9 heteroatoms. The van der Waals surface area contributed by atoms with Crippen LogP contribution in [0.15, 0.2) is 66.7 Å². The lowest BCUT2D eigenvalue weighted by molar-refractivity contribution is -0.156. The minimum atomic E-state index is -0.907. The maximum Gasteiger partial charge on any atom is 0.246 e. The molecule has 8 nitrogen and oxygen atoms in total. The molecule has 3 aromatic rings. The zero-order valence-electron chi connectivity index (χ0n) is 22.6. The fourth-order valence-electron chi connectivity index (χ4n) is 5.24. The number of nitrogens with zero attached hydrogens (tertiary/aromatic N) is 2. The summed E-state index contributed by atoms with van der Waals surface area (Å²) in [5.74, 6) is -1.81. The van der Waals surface area contributed by atoms with Gasteiger partial charge in [-0.2, -0.15) is 0 Å². The van der Waals surface area contributed by atoms with Gasteiger partial charge < -0.3 is 20.9 Å². The molecular weight excluding hydrogens is 511 g/mol. The molecule has 0 aromatic heterocycles. The van der Waals surface area contributed by atoms with Gasteiger partial charge in [-0.3, -0.25) is 19.2 Å². The van der Waals surface area contributed by atoms with Crippen molar-refractivity contribution in [2.45, 2.75) is 51.1 Å². The summed E-state index contributed by atoms with van der Waals surface area (Å²) in [6, 6.07) is 18.2. The predicted molar refractivity (Wildman–Crippen MR) is 150 cm³/mol. The van der Waals surface area contributed by atoms with Crippen molar-refractivity contribution in [1.82, 2.24) is 15.1 Å². The molecule has 1 heterocycles. The summed E-state index contributed by atoms with van der Waals surface area (Å²) in [6.07, 6.45) is 0.833. The van der Waals surface area contributed by atoms with E-state index >= 15 is 0 Å². The largest absolute Gasteiger partial charge is 0.370 e. The molecule has 4 amide bonds. The Bertz CT molecular complexity index is 1380. The Balaban J connectivity index is 1.55. The Morgan fingerprint density at radius 2 is 1.68 bits per heavy atom. The first kappa shape index (κ1) is 28.7. The SMILES string of the molecule is CCNC(=O)[C@@H](Cc1ccc2ccccc2c1)N1CCN(C(=O)CCc2ccc(F)cc2)[C@@H](CCC(N)=O)C1=O. The number of halogens is 1. The van der Waals surface area contributed by atoms with E-state index in [0.29, 0.717) is 19.4 Å². The van der Waals surface area contributed by atoms with Crippen LogP contribution in [-0.4, -0.2) is 65.1 Å². The third-order valence-electron chi connectivity index (χ3n) is 7.32. The first-order chi connectivity index (χ1) is 19.3. The molecule has 3 aromatic carbocycles. The van der Waals surface area contributed by atoms with Crippen molar-refractivity contribution in [3.8, 4) is 0 Å². The van der Waals surface area contributed by atoms with Crippen LogP contribution in [0.1, 0.15) is 37.3 Å². The lowest BCUT2D eigenvalue weighted by Crippen LogP contribution is -2.63. The van der Waals surface area contributed by atoms with Crippen molar-refractivity contribution in [3.05, 3.63) is 83.7 Å². The van der Waals surface area contributed by atoms with Crippen molar-refractivity contribution in [2.24, 2.45) is 5.73 Å². The van der Waals surface area contributed by atoms with E-state index in [-0.39, 0.29) is 55.9 Å². The maximum atomic E-state index is 13.9. The summed E-state index contributed by atoms with van der Waals surface area (Å²) in [4.78, 5) is 55.0. The van der Waals surface area contributed by atoms with Gasteiger partial charge in [0.15, 0.2) is 0 Å². The monoisotopic (exact) mass is 546 g/mol. The molecule has 1 fully saturated rings. The van der Waals surface area contributed by atoms with E-state index in [1.165, 1.54) is 21.9 Å². The average molecular weight is 547 g/mol. The van der Waals surface area contributed by atoms with Gasteiger partial charge in [0.05, 0.1) is 0 Å². The van der Waals surface area contributed by atoms with E-state index in [0.717, 1.165) is 21.9 Å². The number of hydrogen-bond donors (Lipinski definition) is 2. The van der Waals surface area contributed by atoms with Crippen LogP contribution in [0.25, 0.3) is 10.8 Å². The number of carbonyl (C=O) groups is 4. The van der Waals surface area contributed by atoms with E-state index in [2.05, 4.69) is 5.32 Å². The number of likely N-dealkylation sites (N-methyl/N-ethyl adjacent to an activating group) is 1. The highest BCUT2D eigenvalue weighted by Crippen LogP contribution is 2.23. The van der Waals surface area contributed by atoms with E-state index in [1.807, 2.05) is 49.4 Å².